The fourth-order valence-corrected chi connectivity index (χ4v) is 4.57. The van der Waals surface area contributed by atoms with Crippen molar-refractivity contribution >= 4 is 21.6 Å². The molecule has 2 aromatic rings. The van der Waals surface area contributed by atoms with Gasteiger partial charge in [0, 0.05) is 13.6 Å². The first kappa shape index (κ1) is 22.7. The van der Waals surface area contributed by atoms with Crippen molar-refractivity contribution in [1.29, 1.82) is 0 Å². The van der Waals surface area contributed by atoms with Crippen molar-refractivity contribution in [1.82, 2.24) is 4.90 Å². The lowest BCUT2D eigenvalue weighted by atomic mass is 10.1. The van der Waals surface area contributed by atoms with E-state index in [-0.39, 0.29) is 5.91 Å². The normalized spacial score (nSPS) is 12.3. The third-order valence-electron chi connectivity index (χ3n) is 4.87. The first-order chi connectivity index (χ1) is 13.6. The molecule has 0 radical (unpaired) electrons. The molecule has 29 heavy (non-hydrogen) atoms. The predicted octanol–water partition coefficient (Wildman–Crippen LogP) is 3.52. The molecule has 2 aromatic carbocycles. The molecule has 0 spiro atoms. The number of carbonyl (C=O) groups is 1. The van der Waals surface area contributed by atoms with Crippen LogP contribution >= 0.6 is 0 Å². The predicted molar refractivity (Wildman–Crippen MR) is 117 cm³/mol. The minimum Gasteiger partial charge on any atom is -0.497 e. The molecule has 0 unspecified atom stereocenters. The van der Waals surface area contributed by atoms with Gasteiger partial charge in [0.25, 0.3) is 0 Å². The summed E-state index contributed by atoms with van der Waals surface area (Å²) in [5.74, 6) is 0.502. The first-order valence-corrected chi connectivity index (χ1v) is 11.4. The Morgan fingerprint density at radius 3 is 2.24 bits per heavy atom. The van der Waals surface area contributed by atoms with Gasteiger partial charge in [-0.25, -0.2) is 8.42 Å². The summed E-state index contributed by atoms with van der Waals surface area (Å²) >= 11 is 0. The summed E-state index contributed by atoms with van der Waals surface area (Å²) in [6.07, 6.45) is 1.51. The standard InChI is InChI=1S/C22H30N2O4S/c1-7-20(22(25)23(4)15-18-10-12-19(28-5)13-11-18)24(29(6,26)27)21-14-16(2)8-9-17(21)3/h8-14,20H,7,15H2,1-6H3/t20-/m1/s1. The number of likely N-dealkylation sites (N-methyl/N-ethyl adjacent to an activating group) is 1. The Kier molecular flexibility index (Phi) is 7.30. The number of rotatable bonds is 8. The zero-order valence-corrected chi connectivity index (χ0v) is 18.8. The quantitative estimate of drug-likeness (QED) is 0.658. The van der Waals surface area contributed by atoms with Crippen LogP contribution in [0.5, 0.6) is 5.75 Å². The number of anilines is 1. The van der Waals surface area contributed by atoms with E-state index >= 15 is 0 Å². The summed E-state index contributed by atoms with van der Waals surface area (Å²) < 4.78 is 31.8. The smallest absolute Gasteiger partial charge is 0.246 e. The lowest BCUT2D eigenvalue weighted by Crippen LogP contribution is -2.49. The van der Waals surface area contributed by atoms with E-state index < -0.39 is 16.1 Å². The molecule has 7 heteroatoms. The lowest BCUT2D eigenvalue weighted by molar-refractivity contribution is -0.131. The van der Waals surface area contributed by atoms with Gasteiger partial charge in [0.05, 0.1) is 19.1 Å². The van der Waals surface area contributed by atoms with Gasteiger partial charge in [-0.1, -0.05) is 31.2 Å². The van der Waals surface area contributed by atoms with Crippen molar-refractivity contribution < 1.29 is 17.9 Å². The average molecular weight is 419 g/mol. The SMILES string of the molecule is CC[C@H](C(=O)N(C)Cc1ccc(OC)cc1)N(c1cc(C)ccc1C)S(C)(=O)=O. The highest BCUT2D eigenvalue weighted by Crippen LogP contribution is 2.28. The van der Waals surface area contributed by atoms with Gasteiger partial charge in [0.15, 0.2) is 0 Å². The molecule has 0 aliphatic rings. The number of amides is 1. The van der Waals surface area contributed by atoms with Gasteiger partial charge in [-0.15, -0.1) is 0 Å². The van der Waals surface area contributed by atoms with E-state index in [1.165, 1.54) is 4.31 Å². The third kappa shape index (κ3) is 5.50. The Morgan fingerprint density at radius 2 is 1.72 bits per heavy atom. The van der Waals surface area contributed by atoms with Crippen molar-refractivity contribution in [3.8, 4) is 5.75 Å². The van der Waals surface area contributed by atoms with Crippen LogP contribution in [0.1, 0.15) is 30.0 Å². The lowest BCUT2D eigenvalue weighted by Gasteiger charge is -2.34. The molecule has 0 aromatic heterocycles. The minimum atomic E-state index is -3.66. The monoisotopic (exact) mass is 418 g/mol. The highest BCUT2D eigenvalue weighted by atomic mass is 32.2. The van der Waals surface area contributed by atoms with Gasteiger partial charge in [-0.2, -0.15) is 0 Å². The number of methoxy groups -OCH3 is 1. The topological polar surface area (TPSA) is 66.9 Å². The van der Waals surface area contributed by atoms with Crippen LogP contribution in [0.2, 0.25) is 0 Å². The van der Waals surface area contributed by atoms with E-state index in [2.05, 4.69) is 0 Å². The number of aryl methyl sites for hydroxylation is 2. The summed E-state index contributed by atoms with van der Waals surface area (Å²) in [5.41, 5.74) is 3.23. The highest BCUT2D eigenvalue weighted by Gasteiger charge is 2.34. The van der Waals surface area contributed by atoms with Crippen LogP contribution in [0.25, 0.3) is 0 Å². The van der Waals surface area contributed by atoms with Gasteiger partial charge in [-0.05, 0) is 55.2 Å². The minimum absolute atomic E-state index is 0.241. The van der Waals surface area contributed by atoms with E-state index in [1.54, 1.807) is 19.1 Å². The highest BCUT2D eigenvalue weighted by molar-refractivity contribution is 7.92. The molecule has 0 aliphatic carbocycles. The maximum absolute atomic E-state index is 13.3. The Labute approximate surface area is 174 Å². The fraction of sp³-hybridized carbons (Fsp3) is 0.409. The number of sulfonamides is 1. The second-order valence-electron chi connectivity index (χ2n) is 7.32. The van der Waals surface area contributed by atoms with Crippen molar-refractivity contribution in [2.45, 2.75) is 39.8 Å². The number of nitrogens with zero attached hydrogens (tertiary/aromatic N) is 2. The average Bonchev–Trinajstić information content (AvgIpc) is 2.67. The third-order valence-corrected chi connectivity index (χ3v) is 6.04. The Morgan fingerprint density at radius 1 is 1.10 bits per heavy atom. The Hall–Kier alpha value is -2.54. The molecular weight excluding hydrogens is 388 g/mol. The summed E-state index contributed by atoms with van der Waals surface area (Å²) in [7, 11) is -0.366. The molecule has 2 rings (SSSR count). The van der Waals surface area contributed by atoms with E-state index in [0.29, 0.717) is 18.7 Å². The maximum Gasteiger partial charge on any atom is 0.246 e. The molecule has 1 atom stereocenters. The van der Waals surface area contributed by atoms with E-state index in [4.69, 9.17) is 4.74 Å². The number of ether oxygens (including phenoxy) is 1. The van der Waals surface area contributed by atoms with Crippen molar-refractivity contribution in [2.75, 3.05) is 24.7 Å². The van der Waals surface area contributed by atoms with Gasteiger partial charge in [0.2, 0.25) is 15.9 Å². The molecule has 0 fully saturated rings. The molecule has 6 nitrogen and oxygen atoms in total. The molecule has 0 saturated carbocycles. The van der Waals surface area contributed by atoms with Crippen LogP contribution in [0.4, 0.5) is 5.69 Å². The number of carbonyl (C=O) groups excluding carboxylic acids is 1. The Balaban J connectivity index is 2.35. The molecular formula is C22H30N2O4S. The summed E-state index contributed by atoms with van der Waals surface area (Å²) in [6, 6.07) is 12.3. The molecule has 0 bridgehead atoms. The fourth-order valence-electron chi connectivity index (χ4n) is 3.31. The second-order valence-corrected chi connectivity index (χ2v) is 9.17. The number of hydrogen-bond acceptors (Lipinski definition) is 4. The zero-order chi connectivity index (χ0) is 21.8. The van der Waals surface area contributed by atoms with Gasteiger partial charge >= 0.3 is 0 Å². The maximum atomic E-state index is 13.3. The molecule has 0 heterocycles. The zero-order valence-electron chi connectivity index (χ0n) is 18.0. The molecule has 0 saturated heterocycles. The van der Waals surface area contributed by atoms with Crippen LogP contribution in [-0.2, 0) is 21.4 Å². The number of benzene rings is 2. The van der Waals surface area contributed by atoms with E-state index in [9.17, 15) is 13.2 Å². The van der Waals surface area contributed by atoms with E-state index in [0.717, 1.165) is 28.7 Å². The summed E-state index contributed by atoms with van der Waals surface area (Å²) in [6.45, 7) is 5.96. The van der Waals surface area contributed by atoms with Crippen LogP contribution in [0.3, 0.4) is 0 Å². The number of hydrogen-bond donors (Lipinski definition) is 0. The molecule has 1 amide bonds. The largest absolute Gasteiger partial charge is 0.497 e. The summed E-state index contributed by atoms with van der Waals surface area (Å²) in [5, 5.41) is 0. The van der Waals surface area contributed by atoms with Crippen LogP contribution in [0, 0.1) is 13.8 Å². The Bertz CT molecular complexity index is 955. The van der Waals surface area contributed by atoms with Crippen molar-refractivity contribution in [3.05, 3.63) is 59.2 Å². The van der Waals surface area contributed by atoms with Crippen LogP contribution in [0.15, 0.2) is 42.5 Å². The molecule has 0 N–H and O–H groups in total. The van der Waals surface area contributed by atoms with E-state index in [1.807, 2.05) is 63.2 Å². The van der Waals surface area contributed by atoms with Gasteiger partial charge < -0.3 is 9.64 Å². The van der Waals surface area contributed by atoms with Crippen LogP contribution in [-0.4, -0.2) is 45.7 Å². The van der Waals surface area contributed by atoms with Crippen LogP contribution < -0.4 is 9.04 Å². The first-order valence-electron chi connectivity index (χ1n) is 9.53. The van der Waals surface area contributed by atoms with Gasteiger partial charge in [-0.3, -0.25) is 9.10 Å². The van der Waals surface area contributed by atoms with Gasteiger partial charge in [0.1, 0.15) is 11.8 Å². The van der Waals surface area contributed by atoms with Crippen molar-refractivity contribution in [3.63, 3.8) is 0 Å². The summed E-state index contributed by atoms with van der Waals surface area (Å²) in [4.78, 5) is 14.8. The molecule has 158 valence electrons. The molecule has 0 aliphatic heterocycles. The second kappa shape index (κ2) is 9.31. The van der Waals surface area contributed by atoms with Crippen molar-refractivity contribution in [2.24, 2.45) is 0 Å².